The maximum absolute atomic E-state index is 9.81. The number of aliphatic carboxylic acids is 1. The first-order chi connectivity index (χ1) is 9.34. The zero-order valence-electron chi connectivity index (χ0n) is 10.5. The maximum Gasteiger partial charge on any atom is 0.339 e. The van der Waals surface area contributed by atoms with E-state index >= 15 is 0 Å². The standard InChI is InChI=1S/C6H13NO3.C4H6O6/c8-3-4-1-7-2-5(9)6(4)10;5-1-10-4(9)2(6)3(7)8/h4-10H,1-3H2;1-2,4,6,9H,(H,7,8)/t4?,5-,6-;2-,4-/m10/s1. The Bertz CT molecular complexity index is 300. The third-order valence-corrected chi connectivity index (χ3v) is 2.59. The van der Waals surface area contributed by atoms with Crippen molar-refractivity contribution >= 4 is 12.4 Å². The van der Waals surface area contributed by atoms with E-state index in [1.54, 1.807) is 0 Å². The van der Waals surface area contributed by atoms with Crippen LogP contribution in [-0.2, 0) is 14.3 Å². The van der Waals surface area contributed by atoms with E-state index in [1.165, 1.54) is 0 Å². The van der Waals surface area contributed by atoms with Crippen LogP contribution in [0, 0.1) is 5.92 Å². The molecule has 0 bridgehead atoms. The lowest BCUT2D eigenvalue weighted by molar-refractivity contribution is -0.185. The third-order valence-electron chi connectivity index (χ3n) is 2.59. The second kappa shape index (κ2) is 9.58. The molecule has 0 aromatic rings. The van der Waals surface area contributed by atoms with Crippen molar-refractivity contribution in [3.8, 4) is 0 Å². The molecule has 1 fully saturated rings. The maximum atomic E-state index is 9.81. The van der Waals surface area contributed by atoms with Gasteiger partial charge in [-0.25, -0.2) is 4.79 Å². The SMILES string of the molecule is O=CO[C@H](O)[C@@H](O)C(=O)O.OCC1CNC[C@@H](O)[C@@H]1O. The van der Waals surface area contributed by atoms with Crippen LogP contribution in [0.5, 0.6) is 0 Å². The average molecular weight is 297 g/mol. The molecule has 0 spiro atoms. The van der Waals surface area contributed by atoms with Gasteiger partial charge in [0.25, 0.3) is 6.47 Å². The minimum Gasteiger partial charge on any atom is -0.479 e. The van der Waals surface area contributed by atoms with Crippen LogP contribution in [0.1, 0.15) is 0 Å². The van der Waals surface area contributed by atoms with E-state index in [0.29, 0.717) is 13.1 Å². The minimum absolute atomic E-state index is 0.0781. The summed E-state index contributed by atoms with van der Waals surface area (Å²) in [6.07, 6.45) is -5.60. The molecule has 1 aliphatic heterocycles. The smallest absolute Gasteiger partial charge is 0.339 e. The van der Waals surface area contributed by atoms with E-state index in [0.717, 1.165) is 0 Å². The molecule has 1 rings (SSSR count). The predicted octanol–water partition coefficient (Wildman–Crippen LogP) is -4.16. The fraction of sp³-hybridized carbons (Fsp3) is 0.800. The van der Waals surface area contributed by atoms with Crippen molar-refractivity contribution in [3.63, 3.8) is 0 Å². The summed E-state index contributed by atoms with van der Waals surface area (Å²) in [6, 6.07) is 0. The minimum atomic E-state index is -2.09. The number of carboxylic acid groups (broad SMARTS) is 1. The largest absolute Gasteiger partial charge is 0.479 e. The van der Waals surface area contributed by atoms with Gasteiger partial charge in [0.2, 0.25) is 12.4 Å². The van der Waals surface area contributed by atoms with Gasteiger partial charge in [-0.05, 0) is 0 Å². The molecule has 118 valence electrons. The van der Waals surface area contributed by atoms with E-state index in [1.807, 2.05) is 0 Å². The molecule has 7 N–H and O–H groups in total. The van der Waals surface area contributed by atoms with E-state index < -0.39 is 30.6 Å². The van der Waals surface area contributed by atoms with E-state index in [-0.39, 0.29) is 19.0 Å². The summed E-state index contributed by atoms with van der Waals surface area (Å²) in [7, 11) is 0. The Hall–Kier alpha value is -1.30. The van der Waals surface area contributed by atoms with Crippen molar-refractivity contribution in [2.45, 2.75) is 24.6 Å². The van der Waals surface area contributed by atoms with Gasteiger partial charge >= 0.3 is 5.97 Å². The Morgan fingerprint density at radius 2 is 1.95 bits per heavy atom. The summed E-state index contributed by atoms with van der Waals surface area (Å²) in [5.74, 6) is -1.88. The van der Waals surface area contributed by atoms with Crippen LogP contribution < -0.4 is 5.32 Å². The highest BCUT2D eigenvalue weighted by molar-refractivity contribution is 5.72. The molecule has 1 aliphatic rings. The zero-order valence-corrected chi connectivity index (χ0v) is 10.5. The van der Waals surface area contributed by atoms with E-state index in [4.69, 9.17) is 25.5 Å². The van der Waals surface area contributed by atoms with Crippen molar-refractivity contribution in [2.75, 3.05) is 19.7 Å². The van der Waals surface area contributed by atoms with Crippen molar-refractivity contribution in [1.29, 1.82) is 0 Å². The molecule has 1 unspecified atom stereocenters. The third kappa shape index (κ3) is 6.23. The predicted molar refractivity (Wildman–Crippen MR) is 62.3 cm³/mol. The molecule has 0 aromatic heterocycles. The number of rotatable bonds is 5. The number of hydrogen-bond donors (Lipinski definition) is 7. The highest BCUT2D eigenvalue weighted by Gasteiger charge is 2.29. The van der Waals surface area contributed by atoms with Crippen LogP contribution in [0.3, 0.4) is 0 Å². The number of β-amino-alcohol motifs (C(OH)–C–C–N with tert-alkyl or cyclic N) is 1. The summed E-state index contributed by atoms with van der Waals surface area (Å²) in [5, 5.41) is 54.6. The van der Waals surface area contributed by atoms with E-state index in [2.05, 4.69) is 10.1 Å². The number of hydrogen-bond acceptors (Lipinski definition) is 9. The Labute approximate surface area is 114 Å². The molecule has 20 heavy (non-hydrogen) atoms. The highest BCUT2D eigenvalue weighted by Crippen LogP contribution is 2.10. The summed E-state index contributed by atoms with van der Waals surface area (Å²) in [6.45, 7) is 0.758. The summed E-state index contributed by atoms with van der Waals surface area (Å²) >= 11 is 0. The first kappa shape index (κ1) is 18.7. The van der Waals surface area contributed by atoms with Gasteiger partial charge < -0.3 is 40.7 Å². The Morgan fingerprint density at radius 3 is 2.35 bits per heavy atom. The normalized spacial score (nSPS) is 28.6. The van der Waals surface area contributed by atoms with Gasteiger partial charge in [0.05, 0.1) is 12.2 Å². The molecular formula is C10H19NO9. The molecule has 1 saturated heterocycles. The lowest BCUT2D eigenvalue weighted by atomic mass is 9.95. The van der Waals surface area contributed by atoms with Gasteiger partial charge in [-0.3, -0.25) is 4.79 Å². The van der Waals surface area contributed by atoms with Gasteiger partial charge in [-0.1, -0.05) is 0 Å². The van der Waals surface area contributed by atoms with Crippen LogP contribution in [-0.4, -0.2) is 87.4 Å². The Kier molecular flexibility index (Phi) is 8.96. The molecular weight excluding hydrogens is 278 g/mol. The van der Waals surface area contributed by atoms with Gasteiger partial charge in [-0.2, -0.15) is 0 Å². The van der Waals surface area contributed by atoms with Crippen molar-refractivity contribution in [2.24, 2.45) is 5.92 Å². The quantitative estimate of drug-likeness (QED) is 0.195. The van der Waals surface area contributed by atoms with Gasteiger partial charge in [0.15, 0.2) is 0 Å². The number of carboxylic acids is 1. The van der Waals surface area contributed by atoms with Crippen LogP contribution in [0.25, 0.3) is 0 Å². The van der Waals surface area contributed by atoms with Crippen LogP contribution >= 0.6 is 0 Å². The number of aliphatic hydroxyl groups is 5. The van der Waals surface area contributed by atoms with Gasteiger partial charge in [0.1, 0.15) is 0 Å². The Balaban J connectivity index is 0.000000361. The van der Waals surface area contributed by atoms with Crippen molar-refractivity contribution < 1.29 is 45.0 Å². The van der Waals surface area contributed by atoms with Crippen LogP contribution in [0.2, 0.25) is 0 Å². The monoisotopic (exact) mass is 297 g/mol. The lowest BCUT2D eigenvalue weighted by Gasteiger charge is -2.30. The zero-order chi connectivity index (χ0) is 15.7. The average Bonchev–Trinajstić information content (AvgIpc) is 2.42. The summed E-state index contributed by atoms with van der Waals surface area (Å²) < 4.78 is 3.71. The lowest BCUT2D eigenvalue weighted by Crippen LogP contribution is -2.51. The fourth-order valence-corrected chi connectivity index (χ4v) is 1.40. The number of nitrogens with one attached hydrogen (secondary N) is 1. The molecule has 10 nitrogen and oxygen atoms in total. The van der Waals surface area contributed by atoms with Crippen LogP contribution in [0.4, 0.5) is 0 Å². The topological polar surface area (TPSA) is 177 Å². The molecule has 10 heteroatoms. The second-order valence-electron chi connectivity index (χ2n) is 4.06. The number of ether oxygens (including phenoxy) is 1. The first-order valence-electron chi connectivity index (χ1n) is 5.70. The molecule has 1 heterocycles. The summed E-state index contributed by atoms with van der Waals surface area (Å²) in [5.41, 5.74) is 0. The highest BCUT2D eigenvalue weighted by atomic mass is 16.6. The molecule has 0 aliphatic carbocycles. The second-order valence-corrected chi connectivity index (χ2v) is 4.06. The summed E-state index contributed by atoms with van der Waals surface area (Å²) in [4.78, 5) is 19.3. The van der Waals surface area contributed by atoms with E-state index in [9.17, 15) is 14.7 Å². The van der Waals surface area contributed by atoms with Crippen LogP contribution in [0.15, 0.2) is 0 Å². The fourth-order valence-electron chi connectivity index (χ4n) is 1.40. The number of carbonyl (C=O) groups is 2. The number of piperidine rings is 1. The first-order valence-corrected chi connectivity index (χ1v) is 5.70. The number of aliphatic hydroxyl groups excluding tert-OH is 5. The molecule has 0 amide bonds. The Morgan fingerprint density at radius 1 is 1.35 bits per heavy atom. The number of carbonyl (C=O) groups excluding carboxylic acids is 1. The van der Waals surface area contributed by atoms with Gasteiger partial charge in [-0.15, -0.1) is 0 Å². The van der Waals surface area contributed by atoms with Gasteiger partial charge in [0, 0.05) is 25.6 Å². The van der Waals surface area contributed by atoms with Crippen molar-refractivity contribution in [3.05, 3.63) is 0 Å². The molecule has 0 radical (unpaired) electrons. The van der Waals surface area contributed by atoms with Crippen molar-refractivity contribution in [1.82, 2.24) is 5.32 Å². The molecule has 5 atom stereocenters. The molecule has 0 saturated carbocycles. The molecule has 0 aromatic carbocycles.